The summed E-state index contributed by atoms with van der Waals surface area (Å²) in [5.41, 5.74) is -0.137. The zero-order valence-corrected chi connectivity index (χ0v) is 16.0. The van der Waals surface area contributed by atoms with Gasteiger partial charge in [0.1, 0.15) is 5.82 Å². The summed E-state index contributed by atoms with van der Waals surface area (Å²) in [5, 5.41) is 10.8. The summed E-state index contributed by atoms with van der Waals surface area (Å²) in [5.74, 6) is -6.38. The monoisotopic (exact) mass is 376 g/mol. The van der Waals surface area contributed by atoms with Crippen molar-refractivity contribution < 1.29 is 27.8 Å². The molecule has 150 valence electrons. The van der Waals surface area contributed by atoms with E-state index in [9.17, 15) is 18.3 Å². The minimum atomic E-state index is -2.09. The molecule has 0 amide bonds. The molecule has 26 heavy (non-hydrogen) atoms. The molecule has 0 aliphatic rings. The Morgan fingerprint density at radius 3 is 1.96 bits per heavy atom. The van der Waals surface area contributed by atoms with Crippen molar-refractivity contribution in [1.29, 1.82) is 0 Å². The van der Waals surface area contributed by atoms with E-state index < -0.39 is 29.3 Å². The number of hydrogen-bond donors (Lipinski definition) is 1. The van der Waals surface area contributed by atoms with E-state index in [0.29, 0.717) is 18.9 Å². The van der Waals surface area contributed by atoms with Crippen LogP contribution in [0.25, 0.3) is 0 Å². The summed E-state index contributed by atoms with van der Waals surface area (Å²) in [6.45, 7) is 5.75. The highest BCUT2D eigenvalue weighted by Crippen LogP contribution is 2.37. The van der Waals surface area contributed by atoms with Gasteiger partial charge in [0.15, 0.2) is 11.6 Å². The lowest BCUT2D eigenvalue weighted by molar-refractivity contribution is -0.370. The first kappa shape index (κ1) is 22.9. The number of hydrogen-bond acceptors (Lipinski definition) is 3. The third-order valence-electron chi connectivity index (χ3n) is 4.40. The molecule has 0 spiro atoms. The van der Waals surface area contributed by atoms with Crippen molar-refractivity contribution >= 4 is 0 Å². The summed E-state index contributed by atoms with van der Waals surface area (Å²) in [7, 11) is 0. The largest absolute Gasteiger partial charge is 0.343 e. The molecule has 0 aromatic heterocycles. The van der Waals surface area contributed by atoms with Crippen LogP contribution in [0.2, 0.25) is 0 Å². The van der Waals surface area contributed by atoms with Gasteiger partial charge in [0.2, 0.25) is 0 Å². The van der Waals surface area contributed by atoms with Crippen LogP contribution in [-0.2, 0) is 9.47 Å². The maximum Gasteiger partial charge on any atom is 0.287 e. The van der Waals surface area contributed by atoms with Crippen molar-refractivity contribution in [3.05, 3.63) is 35.1 Å². The minimum absolute atomic E-state index is 0.134. The van der Waals surface area contributed by atoms with Gasteiger partial charge in [0.05, 0.1) is 5.92 Å². The molecule has 0 aliphatic carbocycles. The normalized spacial score (nSPS) is 13.2. The zero-order chi connectivity index (χ0) is 19.6. The maximum absolute atomic E-state index is 14.3. The topological polar surface area (TPSA) is 38.7 Å². The van der Waals surface area contributed by atoms with Crippen LogP contribution in [0.1, 0.15) is 77.2 Å². The molecular weight excluding hydrogens is 345 g/mol. The standard InChI is InChI=1S/C20H31F3O3/c1-4-7-8-9-10-11-12-16(20(24,25-5-2)26-6-3)15-13-18(22)19(23)14-17(15)21/h13-14,16,24H,4-12H2,1-3H3. The molecule has 1 aromatic carbocycles. The predicted molar refractivity (Wildman–Crippen MR) is 95.3 cm³/mol. The minimum Gasteiger partial charge on any atom is -0.343 e. The van der Waals surface area contributed by atoms with Gasteiger partial charge in [-0.25, -0.2) is 13.2 Å². The Morgan fingerprint density at radius 1 is 0.846 bits per heavy atom. The number of benzene rings is 1. The van der Waals surface area contributed by atoms with Crippen LogP contribution in [0.15, 0.2) is 12.1 Å². The van der Waals surface area contributed by atoms with E-state index in [0.717, 1.165) is 38.2 Å². The second-order valence-electron chi connectivity index (χ2n) is 6.39. The SMILES string of the molecule is CCCCCCCCC(c1cc(F)c(F)cc1F)C(O)(OCC)OCC. The molecule has 0 radical (unpaired) electrons. The molecule has 1 atom stereocenters. The molecule has 0 aliphatic heterocycles. The van der Waals surface area contributed by atoms with E-state index in [2.05, 4.69) is 6.92 Å². The van der Waals surface area contributed by atoms with Gasteiger partial charge >= 0.3 is 0 Å². The Kier molecular flexibility index (Phi) is 10.2. The van der Waals surface area contributed by atoms with Crippen LogP contribution in [0.4, 0.5) is 13.2 Å². The van der Waals surface area contributed by atoms with Crippen LogP contribution in [0, 0.1) is 17.5 Å². The van der Waals surface area contributed by atoms with Gasteiger partial charge in [-0.3, -0.25) is 0 Å². The fourth-order valence-electron chi connectivity index (χ4n) is 3.12. The molecule has 1 rings (SSSR count). The third-order valence-corrected chi connectivity index (χ3v) is 4.40. The van der Waals surface area contributed by atoms with Crippen molar-refractivity contribution in [2.24, 2.45) is 0 Å². The Hall–Kier alpha value is -1.11. The first-order valence-corrected chi connectivity index (χ1v) is 9.54. The van der Waals surface area contributed by atoms with E-state index in [1.54, 1.807) is 13.8 Å². The lowest BCUT2D eigenvalue weighted by Gasteiger charge is -2.35. The van der Waals surface area contributed by atoms with Crippen LogP contribution in [0.5, 0.6) is 0 Å². The lowest BCUT2D eigenvalue weighted by Crippen LogP contribution is -2.43. The molecule has 0 saturated heterocycles. The molecule has 0 heterocycles. The molecule has 6 heteroatoms. The summed E-state index contributed by atoms with van der Waals surface area (Å²) in [6.07, 6.45) is 6.36. The highest BCUT2D eigenvalue weighted by atomic mass is 19.2. The van der Waals surface area contributed by atoms with Crippen LogP contribution >= 0.6 is 0 Å². The highest BCUT2D eigenvalue weighted by molar-refractivity contribution is 5.25. The van der Waals surface area contributed by atoms with Gasteiger partial charge < -0.3 is 14.6 Å². The van der Waals surface area contributed by atoms with Crippen LogP contribution < -0.4 is 0 Å². The van der Waals surface area contributed by atoms with Gasteiger partial charge in [-0.15, -0.1) is 0 Å². The number of unbranched alkanes of at least 4 members (excludes halogenated alkanes) is 5. The molecule has 3 nitrogen and oxygen atoms in total. The van der Waals surface area contributed by atoms with Gasteiger partial charge in [-0.1, -0.05) is 45.4 Å². The number of halogens is 3. The molecular formula is C20H31F3O3. The van der Waals surface area contributed by atoms with Crippen LogP contribution in [0.3, 0.4) is 0 Å². The zero-order valence-electron chi connectivity index (χ0n) is 16.0. The summed E-state index contributed by atoms with van der Waals surface area (Å²) in [4.78, 5) is 0. The smallest absolute Gasteiger partial charge is 0.287 e. The van der Waals surface area contributed by atoms with Crippen molar-refractivity contribution in [3.8, 4) is 0 Å². The predicted octanol–water partition coefficient (Wildman–Crippen LogP) is 5.66. The van der Waals surface area contributed by atoms with E-state index in [1.807, 2.05) is 0 Å². The molecule has 0 fully saturated rings. The molecule has 1 N–H and O–H groups in total. The van der Waals surface area contributed by atoms with Gasteiger partial charge in [-0.05, 0) is 26.3 Å². The second kappa shape index (κ2) is 11.6. The van der Waals surface area contributed by atoms with Gasteiger partial charge in [0, 0.05) is 24.8 Å². The van der Waals surface area contributed by atoms with Crippen LogP contribution in [-0.4, -0.2) is 24.3 Å². The van der Waals surface area contributed by atoms with E-state index in [-0.39, 0.29) is 18.8 Å². The number of aliphatic hydroxyl groups is 1. The van der Waals surface area contributed by atoms with Gasteiger partial charge in [-0.2, -0.15) is 0 Å². The maximum atomic E-state index is 14.3. The van der Waals surface area contributed by atoms with Gasteiger partial charge in [0.25, 0.3) is 5.97 Å². The number of rotatable bonds is 13. The Bertz CT molecular complexity index is 531. The van der Waals surface area contributed by atoms with E-state index in [1.165, 1.54) is 0 Å². The number of ether oxygens (including phenoxy) is 2. The molecule has 0 bridgehead atoms. The average Bonchev–Trinajstić information content (AvgIpc) is 2.58. The molecule has 1 aromatic rings. The van der Waals surface area contributed by atoms with Crippen molar-refractivity contribution in [3.63, 3.8) is 0 Å². The second-order valence-corrected chi connectivity index (χ2v) is 6.39. The highest BCUT2D eigenvalue weighted by Gasteiger charge is 2.41. The Morgan fingerprint density at radius 2 is 1.38 bits per heavy atom. The Balaban J connectivity index is 3.03. The summed E-state index contributed by atoms with van der Waals surface area (Å²) < 4.78 is 52.1. The van der Waals surface area contributed by atoms with E-state index >= 15 is 0 Å². The molecule has 0 saturated carbocycles. The fraction of sp³-hybridized carbons (Fsp3) is 0.700. The molecule has 1 unspecified atom stereocenters. The fourth-order valence-corrected chi connectivity index (χ4v) is 3.12. The van der Waals surface area contributed by atoms with Crippen molar-refractivity contribution in [1.82, 2.24) is 0 Å². The van der Waals surface area contributed by atoms with Crippen molar-refractivity contribution in [2.75, 3.05) is 13.2 Å². The Labute approximate surface area is 154 Å². The first-order valence-electron chi connectivity index (χ1n) is 9.54. The van der Waals surface area contributed by atoms with E-state index in [4.69, 9.17) is 9.47 Å². The summed E-state index contributed by atoms with van der Waals surface area (Å²) in [6, 6.07) is 1.28. The summed E-state index contributed by atoms with van der Waals surface area (Å²) >= 11 is 0. The first-order chi connectivity index (χ1) is 12.4. The lowest BCUT2D eigenvalue weighted by atomic mass is 9.89. The third kappa shape index (κ3) is 6.56. The average molecular weight is 376 g/mol. The quantitative estimate of drug-likeness (QED) is 0.274. The van der Waals surface area contributed by atoms with Crippen molar-refractivity contribution in [2.45, 2.75) is 77.6 Å².